The second-order valence-corrected chi connectivity index (χ2v) is 4.81. The van der Waals surface area contributed by atoms with Gasteiger partial charge in [-0.25, -0.2) is 9.37 Å². The van der Waals surface area contributed by atoms with Gasteiger partial charge in [0.15, 0.2) is 0 Å². The van der Waals surface area contributed by atoms with E-state index >= 15 is 0 Å². The number of anilines is 2. The van der Waals surface area contributed by atoms with Crippen molar-refractivity contribution in [3.63, 3.8) is 0 Å². The average molecular weight is 273 g/mol. The molecule has 0 aliphatic rings. The van der Waals surface area contributed by atoms with Crippen LogP contribution in [0, 0.1) is 26.6 Å². The van der Waals surface area contributed by atoms with Crippen LogP contribution in [-0.2, 0) is 0 Å². The average Bonchev–Trinajstić information content (AvgIpc) is 2.36. The Labute approximate surface area is 116 Å². The van der Waals surface area contributed by atoms with E-state index in [1.165, 1.54) is 0 Å². The minimum absolute atomic E-state index is 0.00585. The molecule has 1 heterocycles. The van der Waals surface area contributed by atoms with Crippen LogP contribution in [-0.4, -0.2) is 10.9 Å². The van der Waals surface area contributed by atoms with E-state index in [0.717, 1.165) is 29.0 Å². The zero-order valence-corrected chi connectivity index (χ0v) is 11.6. The molecule has 5 heteroatoms. The number of nitrogen functional groups attached to an aromatic ring is 1. The number of pyridine rings is 1. The number of nitrogens with one attached hydrogen (secondary N) is 1. The molecule has 104 valence electrons. The number of hydrogen-bond donors (Lipinski definition) is 2. The van der Waals surface area contributed by atoms with Gasteiger partial charge in [0, 0.05) is 5.69 Å². The van der Waals surface area contributed by atoms with Gasteiger partial charge in [-0.1, -0.05) is 17.7 Å². The summed E-state index contributed by atoms with van der Waals surface area (Å²) < 4.78 is 13.2. The van der Waals surface area contributed by atoms with Crippen LogP contribution in [0.4, 0.5) is 15.9 Å². The molecule has 2 rings (SSSR count). The van der Waals surface area contributed by atoms with E-state index in [1.807, 2.05) is 32.9 Å². The molecule has 3 N–H and O–H groups in total. The van der Waals surface area contributed by atoms with Crippen molar-refractivity contribution in [3.8, 4) is 0 Å². The first-order valence-corrected chi connectivity index (χ1v) is 6.18. The predicted molar refractivity (Wildman–Crippen MR) is 77.2 cm³/mol. The van der Waals surface area contributed by atoms with Gasteiger partial charge in [-0.15, -0.1) is 0 Å². The lowest BCUT2D eigenvalue weighted by molar-refractivity contribution is 0.102. The molecule has 20 heavy (non-hydrogen) atoms. The van der Waals surface area contributed by atoms with Gasteiger partial charge in [0.05, 0.1) is 11.8 Å². The van der Waals surface area contributed by atoms with Crippen LogP contribution in [0.5, 0.6) is 0 Å². The lowest BCUT2D eigenvalue weighted by Gasteiger charge is -2.13. The molecule has 0 aliphatic carbocycles. The fraction of sp³-hybridized carbons (Fsp3) is 0.200. The van der Waals surface area contributed by atoms with Crippen LogP contribution in [0.1, 0.15) is 27.0 Å². The highest BCUT2D eigenvalue weighted by molar-refractivity contribution is 6.07. The van der Waals surface area contributed by atoms with Crippen LogP contribution in [0.3, 0.4) is 0 Å². The zero-order chi connectivity index (χ0) is 14.9. The van der Waals surface area contributed by atoms with E-state index in [4.69, 9.17) is 5.73 Å². The van der Waals surface area contributed by atoms with Gasteiger partial charge in [-0.2, -0.15) is 0 Å². The van der Waals surface area contributed by atoms with Crippen LogP contribution >= 0.6 is 0 Å². The highest BCUT2D eigenvalue weighted by Crippen LogP contribution is 2.23. The summed E-state index contributed by atoms with van der Waals surface area (Å²) in [6.45, 7) is 5.80. The highest BCUT2D eigenvalue weighted by Gasteiger charge is 2.14. The Balaban J connectivity index is 2.35. The lowest BCUT2D eigenvalue weighted by atomic mass is 10.0. The van der Waals surface area contributed by atoms with Gasteiger partial charge >= 0.3 is 0 Å². The molecule has 0 saturated carbocycles. The Morgan fingerprint density at radius 3 is 2.40 bits per heavy atom. The van der Waals surface area contributed by atoms with Crippen LogP contribution in [0.15, 0.2) is 24.4 Å². The summed E-state index contributed by atoms with van der Waals surface area (Å²) in [5, 5.41) is 2.76. The number of carbonyl (C=O) groups is 1. The van der Waals surface area contributed by atoms with Crippen molar-refractivity contribution in [2.24, 2.45) is 0 Å². The Morgan fingerprint density at radius 2 is 1.80 bits per heavy atom. The number of amides is 1. The highest BCUT2D eigenvalue weighted by atomic mass is 19.1. The minimum Gasteiger partial charge on any atom is -0.383 e. The van der Waals surface area contributed by atoms with Gasteiger partial charge in [-0.3, -0.25) is 4.79 Å². The van der Waals surface area contributed by atoms with Gasteiger partial charge in [0.25, 0.3) is 5.91 Å². The van der Waals surface area contributed by atoms with Crippen LogP contribution < -0.4 is 11.1 Å². The van der Waals surface area contributed by atoms with Crippen molar-refractivity contribution in [3.05, 3.63) is 52.5 Å². The molecular formula is C15H16FN3O. The molecule has 0 unspecified atom stereocenters. The lowest BCUT2D eigenvalue weighted by Crippen LogP contribution is -2.16. The fourth-order valence-electron chi connectivity index (χ4n) is 2.19. The van der Waals surface area contributed by atoms with Crippen molar-refractivity contribution in [2.45, 2.75) is 20.8 Å². The number of aromatic nitrogens is 1. The maximum atomic E-state index is 13.2. The summed E-state index contributed by atoms with van der Waals surface area (Å²) in [6.07, 6.45) is 0.981. The van der Waals surface area contributed by atoms with Gasteiger partial charge in [-0.05, 0) is 38.0 Å². The van der Waals surface area contributed by atoms with E-state index in [1.54, 1.807) is 0 Å². The molecule has 2 aromatic rings. The number of nitrogens with zero attached hydrogens (tertiary/aromatic N) is 1. The first kappa shape index (κ1) is 14.0. The summed E-state index contributed by atoms with van der Waals surface area (Å²) in [5.74, 6) is -1.06. The summed E-state index contributed by atoms with van der Waals surface area (Å²) in [4.78, 5) is 15.8. The Morgan fingerprint density at radius 1 is 1.20 bits per heavy atom. The normalized spacial score (nSPS) is 10.4. The summed E-state index contributed by atoms with van der Waals surface area (Å²) in [6, 6.07) is 5.02. The maximum absolute atomic E-state index is 13.2. The second-order valence-electron chi connectivity index (χ2n) is 4.81. The summed E-state index contributed by atoms with van der Waals surface area (Å²) >= 11 is 0. The second kappa shape index (κ2) is 5.28. The van der Waals surface area contributed by atoms with Crippen molar-refractivity contribution in [2.75, 3.05) is 11.1 Å². The Kier molecular flexibility index (Phi) is 3.70. The Bertz CT molecular complexity index is 660. The number of benzene rings is 1. The van der Waals surface area contributed by atoms with Gasteiger partial charge in [0.1, 0.15) is 11.6 Å². The standard InChI is InChI=1S/C15H16FN3O/c1-8-4-9(2)13(10(3)5-8)19-15(20)12-6-11(16)7-18-14(12)17/h4-7H,1-3H3,(H2,17,18)(H,19,20). The van der Waals surface area contributed by atoms with Crippen molar-refractivity contribution in [1.29, 1.82) is 0 Å². The smallest absolute Gasteiger partial charge is 0.259 e. The van der Waals surface area contributed by atoms with Gasteiger partial charge in [0.2, 0.25) is 0 Å². The first-order valence-electron chi connectivity index (χ1n) is 6.18. The number of rotatable bonds is 2. The molecule has 0 saturated heterocycles. The van der Waals surface area contributed by atoms with Crippen molar-refractivity contribution < 1.29 is 9.18 Å². The SMILES string of the molecule is Cc1cc(C)c(NC(=O)c2cc(F)cnc2N)c(C)c1. The molecular weight excluding hydrogens is 257 g/mol. The largest absolute Gasteiger partial charge is 0.383 e. The van der Waals surface area contributed by atoms with E-state index in [2.05, 4.69) is 10.3 Å². The van der Waals surface area contributed by atoms with Crippen LogP contribution in [0.25, 0.3) is 0 Å². The molecule has 0 atom stereocenters. The molecule has 0 radical (unpaired) electrons. The van der Waals surface area contributed by atoms with E-state index < -0.39 is 11.7 Å². The zero-order valence-electron chi connectivity index (χ0n) is 11.6. The number of aryl methyl sites for hydroxylation is 3. The van der Waals surface area contributed by atoms with Gasteiger partial charge < -0.3 is 11.1 Å². The maximum Gasteiger partial charge on any atom is 0.259 e. The molecule has 0 aliphatic heterocycles. The Hall–Kier alpha value is -2.43. The van der Waals surface area contributed by atoms with Crippen molar-refractivity contribution >= 4 is 17.4 Å². The van der Waals surface area contributed by atoms with Crippen LogP contribution in [0.2, 0.25) is 0 Å². The van der Waals surface area contributed by atoms with Crippen molar-refractivity contribution in [1.82, 2.24) is 4.98 Å². The molecule has 1 aromatic carbocycles. The molecule has 4 nitrogen and oxygen atoms in total. The summed E-state index contributed by atoms with van der Waals surface area (Å²) in [7, 11) is 0. The topological polar surface area (TPSA) is 68.0 Å². The quantitative estimate of drug-likeness (QED) is 0.883. The predicted octanol–water partition coefficient (Wildman–Crippen LogP) is 2.98. The van der Waals surface area contributed by atoms with E-state index in [0.29, 0.717) is 5.69 Å². The third kappa shape index (κ3) is 2.77. The summed E-state index contributed by atoms with van der Waals surface area (Å²) in [5.41, 5.74) is 9.35. The van der Waals surface area contributed by atoms with E-state index in [9.17, 15) is 9.18 Å². The minimum atomic E-state index is -0.596. The molecule has 0 bridgehead atoms. The number of nitrogens with two attached hydrogens (primary N) is 1. The van der Waals surface area contributed by atoms with E-state index in [-0.39, 0.29) is 11.4 Å². The molecule has 0 spiro atoms. The number of hydrogen-bond acceptors (Lipinski definition) is 3. The number of halogens is 1. The molecule has 1 amide bonds. The fourth-order valence-corrected chi connectivity index (χ4v) is 2.19. The molecule has 1 aromatic heterocycles. The first-order chi connectivity index (χ1) is 9.38. The third-order valence-corrected chi connectivity index (χ3v) is 3.05. The third-order valence-electron chi connectivity index (χ3n) is 3.05. The molecule has 0 fully saturated rings. The monoisotopic (exact) mass is 273 g/mol. The number of carbonyl (C=O) groups excluding carboxylic acids is 1.